The summed E-state index contributed by atoms with van der Waals surface area (Å²) in [5.74, 6) is -0.603. The Hall–Kier alpha value is -1.18. The topological polar surface area (TPSA) is 72.6 Å². The highest BCUT2D eigenvalue weighted by Crippen LogP contribution is 2.30. The molecule has 7 heteroatoms. The average Bonchev–Trinajstić information content (AvgIpc) is 2.37. The first-order chi connectivity index (χ1) is 8.85. The van der Waals surface area contributed by atoms with E-state index in [0.29, 0.717) is 18.7 Å². The van der Waals surface area contributed by atoms with E-state index < -0.39 is 15.8 Å². The van der Waals surface area contributed by atoms with Crippen LogP contribution in [0.5, 0.6) is 0 Å². The Labute approximate surface area is 112 Å². The molecule has 106 valence electrons. The zero-order valence-corrected chi connectivity index (χ0v) is 11.8. The van der Waals surface area contributed by atoms with Gasteiger partial charge in [0.05, 0.1) is 17.2 Å². The fourth-order valence-electron chi connectivity index (χ4n) is 2.19. The Morgan fingerprint density at radius 1 is 1.37 bits per heavy atom. The number of hydrogen-bond acceptors (Lipinski definition) is 4. The normalized spacial score (nSPS) is 17.6. The molecule has 19 heavy (non-hydrogen) atoms. The van der Waals surface area contributed by atoms with Gasteiger partial charge in [-0.05, 0) is 43.9 Å². The maximum absolute atomic E-state index is 13.5. The second-order valence-electron chi connectivity index (χ2n) is 4.61. The maximum atomic E-state index is 13.5. The summed E-state index contributed by atoms with van der Waals surface area (Å²) < 4.78 is 39.5. The molecule has 0 aliphatic carbocycles. The van der Waals surface area contributed by atoms with Gasteiger partial charge in [0.2, 0.25) is 0 Å². The van der Waals surface area contributed by atoms with Crippen molar-refractivity contribution in [2.75, 3.05) is 18.9 Å². The number of benzene rings is 1. The highest BCUT2D eigenvalue weighted by molar-refractivity contribution is 7.89. The number of hydrogen-bond donors (Lipinski definition) is 1. The van der Waals surface area contributed by atoms with E-state index in [1.54, 1.807) is 6.92 Å². The summed E-state index contributed by atoms with van der Waals surface area (Å²) in [6.07, 6.45) is 1.57. The average molecular weight is 288 g/mol. The van der Waals surface area contributed by atoms with Crippen LogP contribution in [-0.2, 0) is 14.9 Å². The van der Waals surface area contributed by atoms with Crippen molar-refractivity contribution in [2.24, 2.45) is 0 Å². The van der Waals surface area contributed by atoms with Crippen molar-refractivity contribution in [1.29, 1.82) is 0 Å². The predicted molar refractivity (Wildman–Crippen MR) is 69.4 cm³/mol. The zero-order chi connectivity index (χ0) is 14.2. The van der Waals surface area contributed by atoms with Crippen molar-refractivity contribution < 1.29 is 17.6 Å². The van der Waals surface area contributed by atoms with E-state index in [1.165, 1.54) is 6.92 Å². The zero-order valence-electron chi connectivity index (χ0n) is 10.9. The number of anilines is 1. The lowest BCUT2D eigenvalue weighted by molar-refractivity contribution is -0.108. The van der Waals surface area contributed by atoms with Crippen LogP contribution in [0, 0.1) is 19.7 Å². The summed E-state index contributed by atoms with van der Waals surface area (Å²) in [4.78, 5) is 5.22. The molecule has 2 N–H and O–H groups in total. The smallest absolute Gasteiger partial charge is 0.265 e. The van der Waals surface area contributed by atoms with E-state index in [9.17, 15) is 12.8 Å². The molecular formula is C12H17FN2O3S. The minimum Gasteiger partial charge on any atom is -0.396 e. The van der Waals surface area contributed by atoms with Crippen molar-refractivity contribution in [1.82, 2.24) is 4.47 Å². The third-order valence-electron chi connectivity index (χ3n) is 3.20. The van der Waals surface area contributed by atoms with Crippen molar-refractivity contribution in [3.05, 3.63) is 23.0 Å². The van der Waals surface area contributed by atoms with E-state index in [2.05, 4.69) is 0 Å². The van der Waals surface area contributed by atoms with E-state index in [4.69, 9.17) is 10.6 Å². The summed E-state index contributed by atoms with van der Waals surface area (Å²) >= 11 is 0. The second-order valence-corrected chi connectivity index (χ2v) is 6.38. The number of hydroxylamine groups is 1. The summed E-state index contributed by atoms with van der Waals surface area (Å²) in [5.41, 5.74) is 6.00. The Bertz CT molecular complexity index is 595. The third kappa shape index (κ3) is 2.45. The molecule has 0 aromatic heterocycles. The number of rotatable bonds is 2. The molecule has 0 radical (unpaired) electrons. The Morgan fingerprint density at radius 3 is 2.63 bits per heavy atom. The molecule has 0 bridgehead atoms. The molecule has 1 aliphatic rings. The highest BCUT2D eigenvalue weighted by atomic mass is 32.2. The van der Waals surface area contributed by atoms with Gasteiger partial charge in [0.25, 0.3) is 10.0 Å². The van der Waals surface area contributed by atoms with Gasteiger partial charge < -0.3 is 5.73 Å². The number of nitrogens with two attached hydrogens (primary N) is 1. The molecular weight excluding hydrogens is 271 g/mol. The Balaban J connectivity index is 2.54. The van der Waals surface area contributed by atoms with Crippen molar-refractivity contribution >= 4 is 15.7 Å². The van der Waals surface area contributed by atoms with Crippen LogP contribution in [-0.4, -0.2) is 26.0 Å². The third-order valence-corrected chi connectivity index (χ3v) is 5.17. The van der Waals surface area contributed by atoms with Crippen LogP contribution < -0.4 is 5.73 Å². The van der Waals surface area contributed by atoms with Crippen molar-refractivity contribution in [2.45, 2.75) is 31.6 Å². The molecule has 1 aliphatic heterocycles. The summed E-state index contributed by atoms with van der Waals surface area (Å²) in [6.45, 7) is 3.72. The van der Waals surface area contributed by atoms with Gasteiger partial charge in [-0.15, -0.1) is 0 Å². The molecule has 0 saturated carbocycles. The molecule has 1 heterocycles. The molecule has 1 aromatic rings. The first-order valence-corrected chi connectivity index (χ1v) is 7.50. The standard InChI is InChI=1S/C12H17FN2O3S/c1-8-7-10(13)11(14)9(2)12(8)19(16,17)15-5-3-4-6-18-15/h7H,3-6,14H2,1-2H3. The van der Waals surface area contributed by atoms with Gasteiger partial charge in [0.15, 0.2) is 0 Å². The first kappa shape index (κ1) is 14.2. The largest absolute Gasteiger partial charge is 0.396 e. The van der Waals surface area contributed by atoms with Crippen molar-refractivity contribution in [3.63, 3.8) is 0 Å². The summed E-state index contributed by atoms with van der Waals surface area (Å²) in [5, 5.41) is 0. The molecule has 0 spiro atoms. The molecule has 1 aromatic carbocycles. The molecule has 0 amide bonds. The monoisotopic (exact) mass is 288 g/mol. The highest BCUT2D eigenvalue weighted by Gasteiger charge is 2.31. The van der Waals surface area contributed by atoms with E-state index >= 15 is 0 Å². The van der Waals surface area contributed by atoms with Gasteiger partial charge in [0.1, 0.15) is 5.82 Å². The summed E-state index contributed by atoms with van der Waals surface area (Å²) in [6, 6.07) is 1.14. The lowest BCUT2D eigenvalue weighted by Gasteiger charge is -2.27. The van der Waals surface area contributed by atoms with Crippen LogP contribution in [0.4, 0.5) is 10.1 Å². The van der Waals surface area contributed by atoms with E-state index in [-0.39, 0.29) is 16.1 Å². The molecule has 0 atom stereocenters. The maximum Gasteiger partial charge on any atom is 0.265 e. The number of aryl methyl sites for hydroxylation is 1. The van der Waals surface area contributed by atoms with Crippen LogP contribution in [0.25, 0.3) is 0 Å². The lowest BCUT2D eigenvalue weighted by atomic mass is 10.1. The van der Waals surface area contributed by atoms with Crippen LogP contribution in [0.3, 0.4) is 0 Å². The van der Waals surface area contributed by atoms with Crippen LogP contribution in [0.15, 0.2) is 11.0 Å². The van der Waals surface area contributed by atoms with Gasteiger partial charge >= 0.3 is 0 Å². The quantitative estimate of drug-likeness (QED) is 0.841. The molecule has 2 rings (SSSR count). The predicted octanol–water partition coefficient (Wildman–Crippen LogP) is 1.74. The Morgan fingerprint density at radius 2 is 2.05 bits per heavy atom. The Kier molecular flexibility index (Phi) is 3.80. The number of halogens is 1. The minimum absolute atomic E-state index is 0.0355. The number of sulfonamides is 1. The van der Waals surface area contributed by atoms with Gasteiger partial charge in [0, 0.05) is 6.54 Å². The van der Waals surface area contributed by atoms with E-state index in [0.717, 1.165) is 23.4 Å². The van der Waals surface area contributed by atoms with Gasteiger partial charge in [-0.3, -0.25) is 4.84 Å². The summed E-state index contributed by atoms with van der Waals surface area (Å²) in [7, 11) is -3.80. The molecule has 5 nitrogen and oxygen atoms in total. The molecule has 1 fully saturated rings. The second kappa shape index (κ2) is 5.07. The van der Waals surface area contributed by atoms with Gasteiger partial charge in [-0.25, -0.2) is 12.8 Å². The SMILES string of the molecule is Cc1cc(F)c(N)c(C)c1S(=O)(=O)N1CCCCO1. The van der Waals surface area contributed by atoms with Crippen molar-refractivity contribution in [3.8, 4) is 0 Å². The van der Waals surface area contributed by atoms with Gasteiger partial charge in [-0.1, -0.05) is 4.47 Å². The minimum atomic E-state index is -3.80. The fraction of sp³-hybridized carbons (Fsp3) is 0.500. The van der Waals surface area contributed by atoms with E-state index in [1.807, 2.05) is 0 Å². The number of nitrogen functional groups attached to an aromatic ring is 1. The fourth-order valence-corrected chi connectivity index (χ4v) is 3.94. The molecule has 1 saturated heterocycles. The van der Waals surface area contributed by atoms with Crippen LogP contribution in [0.1, 0.15) is 24.0 Å². The number of nitrogens with zero attached hydrogens (tertiary/aromatic N) is 1. The molecule has 0 unspecified atom stereocenters. The van der Waals surface area contributed by atoms with Crippen LogP contribution >= 0.6 is 0 Å². The van der Waals surface area contributed by atoms with Crippen LogP contribution in [0.2, 0.25) is 0 Å². The first-order valence-electron chi connectivity index (χ1n) is 6.06. The van der Waals surface area contributed by atoms with Gasteiger partial charge in [-0.2, -0.15) is 0 Å². The lowest BCUT2D eigenvalue weighted by Crippen LogP contribution is -2.36.